The number of hydrogen-bond donors (Lipinski definition) is 2. The number of aryl methyl sites for hydroxylation is 1. The highest BCUT2D eigenvalue weighted by atomic mass is 16.5. The molecule has 112 valence electrons. The topological polar surface area (TPSA) is 97.8 Å². The summed E-state index contributed by atoms with van der Waals surface area (Å²) in [5.74, 6) is 2.45. The number of hydrogen-bond acceptors (Lipinski definition) is 7. The minimum atomic E-state index is -0.0612. The van der Waals surface area contributed by atoms with Gasteiger partial charge in [-0.15, -0.1) is 0 Å². The minimum absolute atomic E-state index is 0.0612. The summed E-state index contributed by atoms with van der Waals surface area (Å²) in [6, 6.07) is 0. The second-order valence-electron chi connectivity index (χ2n) is 4.93. The summed E-state index contributed by atoms with van der Waals surface area (Å²) in [7, 11) is 1.62. The van der Waals surface area contributed by atoms with Gasteiger partial charge in [-0.1, -0.05) is 0 Å². The SMILES string of the molecule is COc1c(C)ncnc1NC[C@@H]1CCO[C@@H]1c1ncn[nH]1. The van der Waals surface area contributed by atoms with Crippen molar-refractivity contribution >= 4 is 5.82 Å². The fourth-order valence-electron chi connectivity index (χ4n) is 2.56. The number of nitrogens with zero attached hydrogens (tertiary/aromatic N) is 4. The zero-order valence-corrected chi connectivity index (χ0v) is 12.0. The average Bonchev–Trinajstić information content (AvgIpc) is 3.15. The van der Waals surface area contributed by atoms with Crippen LogP contribution in [0.25, 0.3) is 0 Å². The van der Waals surface area contributed by atoms with Gasteiger partial charge in [-0.25, -0.2) is 15.0 Å². The van der Waals surface area contributed by atoms with E-state index < -0.39 is 0 Å². The van der Waals surface area contributed by atoms with E-state index in [1.807, 2.05) is 6.92 Å². The van der Waals surface area contributed by atoms with E-state index in [0.29, 0.717) is 17.5 Å². The highest BCUT2D eigenvalue weighted by Gasteiger charge is 2.31. The molecule has 0 amide bonds. The van der Waals surface area contributed by atoms with Gasteiger partial charge in [0, 0.05) is 19.1 Å². The first kappa shape index (κ1) is 13.7. The molecule has 0 radical (unpaired) electrons. The van der Waals surface area contributed by atoms with Crippen LogP contribution in [0.3, 0.4) is 0 Å². The number of nitrogens with one attached hydrogen (secondary N) is 2. The van der Waals surface area contributed by atoms with Crippen LogP contribution in [-0.4, -0.2) is 45.4 Å². The van der Waals surface area contributed by atoms with Gasteiger partial charge < -0.3 is 14.8 Å². The van der Waals surface area contributed by atoms with Crippen LogP contribution in [0.1, 0.15) is 24.0 Å². The summed E-state index contributed by atoms with van der Waals surface area (Å²) in [5, 5.41) is 10.1. The van der Waals surface area contributed by atoms with Crippen LogP contribution in [0.15, 0.2) is 12.7 Å². The standard InChI is InChI=1S/C13H18N6O2/c1-8-10(20-2)12(16-6-15-8)14-5-9-3-4-21-11(9)13-17-7-18-19-13/h6-7,9,11H,3-5H2,1-2H3,(H,14,15,16)(H,17,18,19)/t9-,11-/m0/s1. The van der Waals surface area contributed by atoms with Crippen LogP contribution in [0, 0.1) is 12.8 Å². The molecule has 0 aromatic carbocycles. The van der Waals surface area contributed by atoms with Gasteiger partial charge in [0.2, 0.25) is 0 Å². The fourth-order valence-corrected chi connectivity index (χ4v) is 2.56. The summed E-state index contributed by atoms with van der Waals surface area (Å²) in [6.45, 7) is 3.33. The van der Waals surface area contributed by atoms with Gasteiger partial charge in [0.05, 0.1) is 12.8 Å². The highest BCUT2D eigenvalue weighted by molar-refractivity contribution is 5.51. The summed E-state index contributed by atoms with van der Waals surface area (Å²) < 4.78 is 11.1. The molecule has 8 nitrogen and oxygen atoms in total. The Morgan fingerprint density at radius 2 is 2.29 bits per heavy atom. The second kappa shape index (κ2) is 6.04. The Morgan fingerprint density at radius 1 is 1.38 bits per heavy atom. The van der Waals surface area contributed by atoms with Gasteiger partial charge in [-0.3, -0.25) is 5.10 Å². The molecule has 1 aliphatic rings. The molecule has 0 saturated carbocycles. The first-order valence-corrected chi connectivity index (χ1v) is 6.86. The number of rotatable bonds is 5. The van der Waals surface area contributed by atoms with Gasteiger partial charge in [-0.05, 0) is 13.3 Å². The molecule has 1 fully saturated rings. The van der Waals surface area contributed by atoms with E-state index in [-0.39, 0.29) is 6.10 Å². The molecule has 2 aromatic rings. The Kier molecular flexibility index (Phi) is 3.96. The maximum atomic E-state index is 5.74. The lowest BCUT2D eigenvalue weighted by molar-refractivity contribution is 0.0864. The van der Waals surface area contributed by atoms with Crippen LogP contribution in [0.2, 0.25) is 0 Å². The largest absolute Gasteiger partial charge is 0.491 e. The lowest BCUT2D eigenvalue weighted by Crippen LogP contribution is -2.19. The third kappa shape index (κ3) is 2.80. The van der Waals surface area contributed by atoms with Crippen LogP contribution in [-0.2, 0) is 4.74 Å². The quantitative estimate of drug-likeness (QED) is 0.850. The van der Waals surface area contributed by atoms with Crippen molar-refractivity contribution < 1.29 is 9.47 Å². The van der Waals surface area contributed by atoms with E-state index in [2.05, 4.69) is 30.5 Å². The van der Waals surface area contributed by atoms with Crippen molar-refractivity contribution in [3.05, 3.63) is 24.2 Å². The molecule has 2 atom stereocenters. The van der Waals surface area contributed by atoms with E-state index in [0.717, 1.165) is 31.1 Å². The molecule has 3 heterocycles. The number of anilines is 1. The van der Waals surface area contributed by atoms with E-state index >= 15 is 0 Å². The summed E-state index contributed by atoms with van der Waals surface area (Å²) in [5.41, 5.74) is 0.810. The third-order valence-corrected chi connectivity index (χ3v) is 3.64. The molecular formula is C13H18N6O2. The van der Waals surface area contributed by atoms with Gasteiger partial charge in [0.1, 0.15) is 18.8 Å². The molecular weight excluding hydrogens is 272 g/mol. The summed E-state index contributed by atoms with van der Waals surface area (Å²) >= 11 is 0. The van der Waals surface area contributed by atoms with E-state index in [9.17, 15) is 0 Å². The number of aromatic amines is 1. The van der Waals surface area contributed by atoms with Crippen LogP contribution >= 0.6 is 0 Å². The predicted octanol–water partition coefficient (Wildman–Crippen LogP) is 1.10. The smallest absolute Gasteiger partial charge is 0.182 e. The summed E-state index contributed by atoms with van der Waals surface area (Å²) in [4.78, 5) is 12.5. The number of ether oxygens (including phenoxy) is 2. The van der Waals surface area contributed by atoms with Crippen molar-refractivity contribution in [2.45, 2.75) is 19.4 Å². The Bertz CT molecular complexity index is 588. The average molecular weight is 290 g/mol. The van der Waals surface area contributed by atoms with Crippen molar-refractivity contribution in [1.29, 1.82) is 0 Å². The van der Waals surface area contributed by atoms with E-state index in [1.165, 1.54) is 12.7 Å². The van der Waals surface area contributed by atoms with Gasteiger partial charge >= 0.3 is 0 Å². The molecule has 21 heavy (non-hydrogen) atoms. The number of aromatic nitrogens is 5. The molecule has 8 heteroatoms. The Hall–Kier alpha value is -2.22. The highest BCUT2D eigenvalue weighted by Crippen LogP contribution is 2.33. The maximum Gasteiger partial charge on any atom is 0.182 e. The minimum Gasteiger partial charge on any atom is -0.491 e. The Labute approximate surface area is 122 Å². The maximum absolute atomic E-state index is 5.74. The molecule has 3 rings (SSSR count). The molecule has 2 N–H and O–H groups in total. The van der Waals surface area contributed by atoms with Crippen molar-refractivity contribution in [1.82, 2.24) is 25.1 Å². The van der Waals surface area contributed by atoms with Crippen molar-refractivity contribution in [3.63, 3.8) is 0 Å². The lowest BCUT2D eigenvalue weighted by atomic mass is 10.0. The van der Waals surface area contributed by atoms with Crippen molar-refractivity contribution in [2.75, 3.05) is 25.6 Å². The Balaban J connectivity index is 1.69. The zero-order chi connectivity index (χ0) is 14.7. The molecule has 1 aliphatic heterocycles. The summed E-state index contributed by atoms with van der Waals surface area (Å²) in [6.07, 6.45) is 3.93. The monoisotopic (exact) mass is 290 g/mol. The fraction of sp³-hybridized carbons (Fsp3) is 0.538. The van der Waals surface area contributed by atoms with E-state index in [4.69, 9.17) is 9.47 Å². The zero-order valence-electron chi connectivity index (χ0n) is 12.0. The molecule has 0 bridgehead atoms. The van der Waals surface area contributed by atoms with Crippen molar-refractivity contribution in [2.24, 2.45) is 5.92 Å². The molecule has 0 aliphatic carbocycles. The van der Waals surface area contributed by atoms with Crippen LogP contribution in [0.5, 0.6) is 5.75 Å². The van der Waals surface area contributed by atoms with Crippen molar-refractivity contribution in [3.8, 4) is 5.75 Å². The number of methoxy groups -OCH3 is 1. The second-order valence-corrected chi connectivity index (χ2v) is 4.93. The first-order chi connectivity index (χ1) is 10.3. The van der Waals surface area contributed by atoms with Gasteiger partial charge in [0.25, 0.3) is 0 Å². The lowest BCUT2D eigenvalue weighted by Gasteiger charge is -2.18. The Morgan fingerprint density at radius 3 is 3.05 bits per heavy atom. The number of H-pyrrole nitrogens is 1. The molecule has 0 unspecified atom stereocenters. The van der Waals surface area contributed by atoms with Gasteiger partial charge in [-0.2, -0.15) is 5.10 Å². The predicted molar refractivity (Wildman–Crippen MR) is 75.0 cm³/mol. The van der Waals surface area contributed by atoms with Crippen LogP contribution in [0.4, 0.5) is 5.82 Å². The van der Waals surface area contributed by atoms with Crippen LogP contribution < -0.4 is 10.1 Å². The van der Waals surface area contributed by atoms with E-state index in [1.54, 1.807) is 7.11 Å². The first-order valence-electron chi connectivity index (χ1n) is 6.86. The third-order valence-electron chi connectivity index (χ3n) is 3.64. The normalized spacial score (nSPS) is 21.4. The molecule has 2 aromatic heterocycles. The molecule has 1 saturated heterocycles. The molecule has 0 spiro atoms. The van der Waals surface area contributed by atoms with Gasteiger partial charge in [0.15, 0.2) is 17.4 Å².